The molecule has 4 nitrogen and oxygen atoms in total. The van der Waals surface area contributed by atoms with E-state index >= 15 is 0 Å². The van der Waals surface area contributed by atoms with Crippen molar-refractivity contribution in [3.05, 3.63) is 29.0 Å². The zero-order chi connectivity index (χ0) is 12.5. The molecule has 3 N–H and O–H groups in total. The summed E-state index contributed by atoms with van der Waals surface area (Å²) in [6, 6.07) is 4.34. The van der Waals surface area contributed by atoms with E-state index in [0.29, 0.717) is 18.8 Å². The van der Waals surface area contributed by atoms with E-state index in [-0.39, 0.29) is 11.4 Å². The fourth-order valence-corrected chi connectivity index (χ4v) is 1.97. The summed E-state index contributed by atoms with van der Waals surface area (Å²) in [6.07, 6.45) is -0.00968. The largest absolute Gasteiger partial charge is 0.481 e. The van der Waals surface area contributed by atoms with Crippen LogP contribution in [0, 0.1) is 5.82 Å². The van der Waals surface area contributed by atoms with Crippen LogP contribution in [0.3, 0.4) is 0 Å². The number of aliphatic carboxylic acids is 1. The van der Waals surface area contributed by atoms with Crippen LogP contribution in [0.15, 0.2) is 18.2 Å². The van der Waals surface area contributed by atoms with Gasteiger partial charge in [-0.15, -0.1) is 0 Å². The highest BCUT2D eigenvalue weighted by molar-refractivity contribution is 6.30. The fraction of sp³-hybridized carbons (Fsp3) is 0.364. The number of halogens is 2. The van der Waals surface area contributed by atoms with Crippen molar-refractivity contribution in [2.45, 2.75) is 12.0 Å². The molecule has 1 aromatic carbocycles. The molecule has 0 spiro atoms. The number of hydrogen-bond donors (Lipinski definition) is 3. The summed E-state index contributed by atoms with van der Waals surface area (Å²) < 4.78 is 13.2. The Bertz CT molecular complexity index is 449. The van der Waals surface area contributed by atoms with Gasteiger partial charge in [-0.1, -0.05) is 11.6 Å². The molecule has 2 rings (SSSR count). The molecule has 1 fully saturated rings. The highest BCUT2D eigenvalue weighted by atomic mass is 35.5. The molecule has 6 heteroatoms. The average molecular weight is 259 g/mol. The van der Waals surface area contributed by atoms with Gasteiger partial charge in [0.05, 0.1) is 17.0 Å². The van der Waals surface area contributed by atoms with E-state index in [1.807, 2.05) is 0 Å². The second-order valence-corrected chi connectivity index (χ2v) is 4.62. The normalized spacial score (nSPS) is 17.3. The average Bonchev–Trinajstić information content (AvgIpc) is 2.19. The Morgan fingerprint density at radius 1 is 1.59 bits per heavy atom. The Morgan fingerprint density at radius 3 is 2.76 bits per heavy atom. The topological polar surface area (TPSA) is 61.4 Å². The molecule has 0 saturated carbocycles. The number of anilines is 1. The molecule has 1 aliphatic rings. The van der Waals surface area contributed by atoms with Crippen LogP contribution in [0.1, 0.15) is 6.42 Å². The van der Waals surface area contributed by atoms with Crippen molar-refractivity contribution >= 4 is 23.3 Å². The number of carboxylic acids is 1. The third kappa shape index (κ3) is 2.68. The minimum atomic E-state index is -0.881. The van der Waals surface area contributed by atoms with Crippen molar-refractivity contribution in [3.8, 4) is 0 Å². The third-order valence-corrected chi connectivity index (χ3v) is 3.05. The van der Waals surface area contributed by atoms with Crippen LogP contribution in [0.4, 0.5) is 10.1 Å². The van der Waals surface area contributed by atoms with Gasteiger partial charge in [-0.05, 0) is 18.2 Å². The van der Waals surface area contributed by atoms with Crippen LogP contribution in [0.5, 0.6) is 0 Å². The van der Waals surface area contributed by atoms with E-state index in [4.69, 9.17) is 16.7 Å². The van der Waals surface area contributed by atoms with E-state index in [0.717, 1.165) is 0 Å². The molecule has 0 unspecified atom stereocenters. The van der Waals surface area contributed by atoms with Crippen LogP contribution in [-0.2, 0) is 4.79 Å². The first-order chi connectivity index (χ1) is 8.01. The predicted octanol–water partition coefficient (Wildman–Crippen LogP) is 1.71. The summed E-state index contributed by atoms with van der Waals surface area (Å²) in [5.74, 6) is -1.40. The van der Waals surface area contributed by atoms with Crippen molar-refractivity contribution in [3.63, 3.8) is 0 Å². The molecule has 17 heavy (non-hydrogen) atoms. The Morgan fingerprint density at radius 2 is 2.29 bits per heavy atom. The lowest BCUT2D eigenvalue weighted by Gasteiger charge is -2.43. The van der Waals surface area contributed by atoms with Gasteiger partial charge in [0, 0.05) is 18.8 Å². The van der Waals surface area contributed by atoms with Gasteiger partial charge in [0.15, 0.2) is 0 Å². The highest BCUT2D eigenvalue weighted by Crippen LogP contribution is 2.25. The molecule has 1 aliphatic heterocycles. The van der Waals surface area contributed by atoms with E-state index < -0.39 is 17.3 Å². The van der Waals surface area contributed by atoms with Crippen molar-refractivity contribution < 1.29 is 14.3 Å². The maximum Gasteiger partial charge on any atom is 0.305 e. The number of hydrogen-bond acceptors (Lipinski definition) is 3. The summed E-state index contributed by atoms with van der Waals surface area (Å²) in [6.45, 7) is 1.09. The Labute approximate surface area is 103 Å². The lowest BCUT2D eigenvalue weighted by atomic mass is 9.88. The molecule has 92 valence electrons. The number of nitrogens with one attached hydrogen (secondary N) is 2. The van der Waals surface area contributed by atoms with E-state index in [1.165, 1.54) is 12.1 Å². The lowest BCUT2D eigenvalue weighted by Crippen LogP contribution is -2.65. The zero-order valence-electron chi connectivity index (χ0n) is 8.96. The predicted molar refractivity (Wildman–Crippen MR) is 62.9 cm³/mol. The summed E-state index contributed by atoms with van der Waals surface area (Å²) in [5.41, 5.74) is 0.00110. The van der Waals surface area contributed by atoms with Gasteiger partial charge in [-0.2, -0.15) is 0 Å². The molecule has 0 aromatic heterocycles. The molecular weight excluding hydrogens is 247 g/mol. The number of carbonyl (C=O) groups is 1. The molecule has 0 radical (unpaired) electrons. The second kappa shape index (κ2) is 4.50. The molecule has 1 saturated heterocycles. The summed E-state index contributed by atoms with van der Waals surface area (Å²) in [4.78, 5) is 10.8. The smallest absolute Gasteiger partial charge is 0.305 e. The Balaban J connectivity index is 2.13. The minimum Gasteiger partial charge on any atom is -0.481 e. The molecule has 1 heterocycles. The quantitative estimate of drug-likeness (QED) is 0.769. The van der Waals surface area contributed by atoms with Crippen LogP contribution >= 0.6 is 11.6 Å². The van der Waals surface area contributed by atoms with Crippen molar-refractivity contribution in [2.75, 3.05) is 18.4 Å². The minimum absolute atomic E-state index is 0.00968. The fourth-order valence-electron chi connectivity index (χ4n) is 1.85. The molecule has 0 atom stereocenters. The van der Waals surface area contributed by atoms with Crippen molar-refractivity contribution in [1.82, 2.24) is 5.32 Å². The maximum absolute atomic E-state index is 13.2. The van der Waals surface area contributed by atoms with Crippen molar-refractivity contribution in [2.24, 2.45) is 0 Å². The second-order valence-electron chi connectivity index (χ2n) is 4.21. The maximum atomic E-state index is 13.2. The Kier molecular flexibility index (Phi) is 3.22. The summed E-state index contributed by atoms with van der Waals surface area (Å²) in [5, 5.41) is 14.9. The molecule has 0 bridgehead atoms. The van der Waals surface area contributed by atoms with Gasteiger partial charge in [0.25, 0.3) is 0 Å². The van der Waals surface area contributed by atoms with Gasteiger partial charge >= 0.3 is 5.97 Å². The van der Waals surface area contributed by atoms with E-state index in [1.54, 1.807) is 6.07 Å². The molecule has 1 aromatic rings. The number of rotatable bonds is 4. The number of carboxylic acid groups (broad SMARTS) is 1. The monoisotopic (exact) mass is 258 g/mol. The third-order valence-electron chi connectivity index (χ3n) is 2.75. The standard InChI is InChI=1S/C11H12ClFN2O2/c12-8-2-1-7(3-9(8)13)15-11(4-10(16)17)5-14-6-11/h1-3,14-15H,4-6H2,(H,16,17). The molecule has 0 aliphatic carbocycles. The van der Waals surface area contributed by atoms with Gasteiger partial charge in [-0.3, -0.25) is 4.79 Å². The zero-order valence-corrected chi connectivity index (χ0v) is 9.72. The first kappa shape index (κ1) is 12.1. The van der Waals surface area contributed by atoms with Gasteiger partial charge in [0.1, 0.15) is 5.82 Å². The Hall–Kier alpha value is -1.33. The first-order valence-corrected chi connectivity index (χ1v) is 5.54. The SMILES string of the molecule is O=C(O)CC1(Nc2ccc(Cl)c(F)c2)CNC1. The van der Waals surface area contributed by atoms with Crippen molar-refractivity contribution in [1.29, 1.82) is 0 Å². The van der Waals surface area contributed by atoms with Crippen LogP contribution in [0.25, 0.3) is 0 Å². The van der Waals surface area contributed by atoms with Crippen LogP contribution in [-0.4, -0.2) is 29.7 Å². The molecular formula is C11H12ClFN2O2. The van der Waals surface area contributed by atoms with E-state index in [2.05, 4.69) is 10.6 Å². The van der Waals surface area contributed by atoms with Gasteiger partial charge < -0.3 is 15.7 Å². The molecule has 0 amide bonds. The summed E-state index contributed by atoms with van der Waals surface area (Å²) >= 11 is 5.57. The van der Waals surface area contributed by atoms with Crippen LogP contribution < -0.4 is 10.6 Å². The summed E-state index contributed by atoms with van der Waals surface area (Å²) in [7, 11) is 0. The van der Waals surface area contributed by atoms with Crippen LogP contribution in [0.2, 0.25) is 5.02 Å². The highest BCUT2D eigenvalue weighted by Gasteiger charge is 2.39. The first-order valence-electron chi connectivity index (χ1n) is 5.17. The van der Waals surface area contributed by atoms with Gasteiger partial charge in [-0.25, -0.2) is 4.39 Å². The lowest BCUT2D eigenvalue weighted by molar-refractivity contribution is -0.138. The van der Waals surface area contributed by atoms with E-state index in [9.17, 15) is 9.18 Å². The van der Waals surface area contributed by atoms with Gasteiger partial charge in [0.2, 0.25) is 0 Å². The number of benzene rings is 1.